The van der Waals surface area contributed by atoms with E-state index in [1.54, 1.807) is 0 Å². The van der Waals surface area contributed by atoms with E-state index in [0.29, 0.717) is 12.8 Å². The minimum Gasteiger partial charge on any atom is -0.445 e. The second-order valence-corrected chi connectivity index (χ2v) is 10.8. The Morgan fingerprint density at radius 2 is 1.11 bits per heavy atom. The number of alkyl carbamates (subject to hydrolysis) is 2. The fourth-order valence-electron chi connectivity index (χ4n) is 1.24. The zero-order valence-electron chi connectivity index (χ0n) is 14.2. The van der Waals surface area contributed by atoms with Crippen molar-refractivity contribution in [2.45, 2.75) is 20.4 Å². The molecule has 0 saturated carbocycles. The zero-order chi connectivity index (χ0) is 21.6. The molecule has 0 rings (SSSR count). The summed E-state index contributed by atoms with van der Waals surface area (Å²) >= 11 is 32.5. The van der Waals surface area contributed by atoms with E-state index in [0.717, 1.165) is 0 Å². The van der Waals surface area contributed by atoms with Crippen molar-refractivity contribution in [2.75, 3.05) is 39.5 Å². The number of nitrogens with one attached hydrogen (secondary N) is 2. The Hall–Kier alpha value is 0.300. The van der Waals surface area contributed by atoms with Gasteiger partial charge in [-0.05, 0) is 12.8 Å². The Morgan fingerprint density at radius 1 is 0.750 bits per heavy atom. The first kappa shape index (κ1) is 28.3. The molecule has 0 radical (unpaired) electrons. The van der Waals surface area contributed by atoms with Gasteiger partial charge in [-0.25, -0.2) is 9.59 Å². The van der Waals surface area contributed by atoms with E-state index < -0.39 is 28.0 Å². The number of hydrogen-bond donors (Lipinski definition) is 2. The normalized spacial score (nSPS) is 11.6. The summed E-state index contributed by atoms with van der Waals surface area (Å²) < 4.78 is 27.2. The Bertz CT molecular complexity index is 462. The maximum atomic E-state index is 11.5. The number of carbonyl (C=O) groups excluding carboxylic acids is 2. The van der Waals surface area contributed by atoms with Crippen LogP contribution in [0, 0.1) is 0 Å². The fourth-order valence-corrected chi connectivity index (χ4v) is 2.20. The summed E-state index contributed by atoms with van der Waals surface area (Å²) in [6.07, 6.45) is -0.813. The van der Waals surface area contributed by atoms with Gasteiger partial charge in [-0.3, -0.25) is 0 Å². The molecule has 0 unspecified atom stereocenters. The number of ether oxygens (including phenoxy) is 2. The van der Waals surface area contributed by atoms with Gasteiger partial charge in [-0.1, -0.05) is 69.6 Å². The molecule has 0 aliphatic carbocycles. The number of alkyl halides is 6. The first-order valence-corrected chi connectivity index (χ1v) is 10.9. The van der Waals surface area contributed by atoms with Gasteiger partial charge in [0.05, 0.1) is 0 Å². The van der Waals surface area contributed by atoms with Crippen LogP contribution < -0.4 is 10.6 Å². The summed E-state index contributed by atoms with van der Waals surface area (Å²) in [6.45, 7) is -0.244. The third-order valence-corrected chi connectivity index (χ3v) is 3.75. The molecule has 2 amide bonds. The molecule has 0 heterocycles. The van der Waals surface area contributed by atoms with Crippen LogP contribution >= 0.6 is 77.9 Å². The summed E-state index contributed by atoms with van der Waals surface area (Å²) in [5, 5.41) is 4.78. The summed E-state index contributed by atoms with van der Waals surface area (Å²) in [6, 6.07) is 0. The summed E-state index contributed by atoms with van der Waals surface area (Å²) in [5.41, 5.74) is 0. The van der Waals surface area contributed by atoms with Crippen LogP contribution in [0.3, 0.4) is 0 Å². The van der Waals surface area contributed by atoms with Crippen molar-refractivity contribution in [2.24, 2.45) is 0 Å². The maximum Gasteiger partial charge on any atom is 0.697 e. The first-order valence-electron chi connectivity index (χ1n) is 7.57. The van der Waals surface area contributed by atoms with Crippen LogP contribution in [0.4, 0.5) is 9.59 Å². The molecule has 0 atom stereocenters. The lowest BCUT2D eigenvalue weighted by Gasteiger charge is -2.11. The van der Waals surface area contributed by atoms with E-state index in [1.165, 1.54) is 0 Å². The van der Waals surface area contributed by atoms with Gasteiger partial charge in [-0.15, -0.1) is 9.05 Å². The molecule has 28 heavy (non-hydrogen) atoms. The molecule has 0 spiro atoms. The van der Waals surface area contributed by atoms with Crippen LogP contribution in [-0.2, 0) is 23.1 Å². The highest BCUT2D eigenvalue weighted by Gasteiger charge is 2.23. The molecule has 16 heteroatoms. The fraction of sp³-hybridized carbons (Fsp3) is 0.833. The van der Waals surface area contributed by atoms with Gasteiger partial charge < -0.3 is 20.1 Å². The Balaban J connectivity index is 3.54. The molecule has 164 valence electrons. The highest BCUT2D eigenvalue weighted by atomic mass is 35.6. The highest BCUT2D eigenvalue weighted by Crippen LogP contribution is 2.26. The molecule has 0 saturated heterocycles. The monoisotopic (exact) mass is 543 g/mol. The van der Waals surface area contributed by atoms with E-state index in [-0.39, 0.29) is 39.5 Å². The van der Waals surface area contributed by atoms with Crippen molar-refractivity contribution in [3.05, 3.63) is 0 Å². The van der Waals surface area contributed by atoms with Crippen LogP contribution in [0.15, 0.2) is 0 Å². The lowest BCUT2D eigenvalue weighted by Crippen LogP contribution is -2.29. The lowest BCUT2D eigenvalue weighted by atomic mass is 10.5. The van der Waals surface area contributed by atoms with Crippen LogP contribution in [-0.4, -0.2) is 59.3 Å². The number of rotatable bonds is 12. The smallest absolute Gasteiger partial charge is 0.445 e. The van der Waals surface area contributed by atoms with Gasteiger partial charge >= 0.3 is 20.4 Å². The standard InChI is InChI=1S/C12H17Cl6N2O7P/c13-11(14,15)7-24-9(21)19-3-1-5-26-28(23)27-6-2-4-20-10(22)25-8-12(16,17)18/h1-8H2,(H-,19,20,21,22)/p+1. The number of amides is 2. The first-order chi connectivity index (χ1) is 12.9. The number of carbonyl (C=O) groups is 2. The van der Waals surface area contributed by atoms with E-state index in [4.69, 9.17) is 78.7 Å². The van der Waals surface area contributed by atoms with Gasteiger partial charge in [0.2, 0.25) is 7.59 Å². The molecule has 9 nitrogen and oxygen atoms in total. The van der Waals surface area contributed by atoms with Gasteiger partial charge in [-0.2, -0.15) is 0 Å². The summed E-state index contributed by atoms with van der Waals surface area (Å²) in [5.74, 6) is 0. The second-order valence-electron chi connectivity index (χ2n) is 4.83. The average Bonchev–Trinajstić information content (AvgIpc) is 2.56. The Morgan fingerprint density at radius 3 is 1.43 bits per heavy atom. The van der Waals surface area contributed by atoms with Crippen LogP contribution in [0.25, 0.3) is 0 Å². The van der Waals surface area contributed by atoms with Gasteiger partial charge in [0.1, 0.15) is 26.4 Å². The zero-order valence-corrected chi connectivity index (χ0v) is 19.7. The SMILES string of the molecule is O=C(NCCCO[P+](=O)OCCCNC(=O)OCC(Cl)(Cl)Cl)OCC(Cl)(Cl)Cl. The Labute approximate surface area is 192 Å². The van der Waals surface area contributed by atoms with Crippen LogP contribution in [0.5, 0.6) is 0 Å². The van der Waals surface area contributed by atoms with Crippen molar-refractivity contribution < 1.29 is 32.7 Å². The topological polar surface area (TPSA) is 112 Å². The summed E-state index contributed by atoms with van der Waals surface area (Å²) in [7, 11) is -2.33. The third-order valence-electron chi connectivity index (χ3n) is 2.31. The number of halogens is 6. The summed E-state index contributed by atoms with van der Waals surface area (Å²) in [4.78, 5) is 22.5. The minimum absolute atomic E-state index is 0.0710. The second kappa shape index (κ2) is 15.2. The van der Waals surface area contributed by atoms with Gasteiger partial charge in [0, 0.05) is 17.7 Å². The third kappa shape index (κ3) is 21.0. The lowest BCUT2D eigenvalue weighted by molar-refractivity contribution is 0.147. The van der Waals surface area contributed by atoms with Gasteiger partial charge in [0.15, 0.2) is 0 Å². The Kier molecular flexibility index (Phi) is 15.3. The molecule has 0 aromatic rings. The van der Waals surface area contributed by atoms with Gasteiger partial charge in [0.25, 0.3) is 0 Å². The molecule has 0 aliphatic rings. The molecular weight excluding hydrogens is 528 g/mol. The maximum absolute atomic E-state index is 11.5. The van der Waals surface area contributed by atoms with Crippen molar-refractivity contribution in [1.29, 1.82) is 0 Å². The predicted octanol–water partition coefficient (Wildman–Crippen LogP) is 4.65. The molecule has 0 fully saturated rings. The van der Waals surface area contributed by atoms with Crippen LogP contribution in [0.2, 0.25) is 0 Å². The van der Waals surface area contributed by atoms with Crippen molar-refractivity contribution in [3.8, 4) is 0 Å². The van der Waals surface area contributed by atoms with Crippen molar-refractivity contribution >= 4 is 90.0 Å². The van der Waals surface area contributed by atoms with Crippen molar-refractivity contribution in [1.82, 2.24) is 10.6 Å². The average molecular weight is 546 g/mol. The molecule has 0 aromatic heterocycles. The number of hydrogen-bond acceptors (Lipinski definition) is 7. The highest BCUT2D eigenvalue weighted by molar-refractivity contribution is 7.33. The van der Waals surface area contributed by atoms with E-state index in [9.17, 15) is 14.2 Å². The molecule has 0 aliphatic heterocycles. The van der Waals surface area contributed by atoms with Crippen LogP contribution in [0.1, 0.15) is 12.8 Å². The quantitative estimate of drug-likeness (QED) is 0.208. The largest absolute Gasteiger partial charge is 0.697 e. The van der Waals surface area contributed by atoms with E-state index in [2.05, 4.69) is 20.1 Å². The molecule has 2 N–H and O–H groups in total. The molecule has 0 aromatic carbocycles. The van der Waals surface area contributed by atoms with Crippen molar-refractivity contribution in [3.63, 3.8) is 0 Å². The minimum atomic E-state index is -2.33. The van der Waals surface area contributed by atoms with E-state index in [1.807, 2.05) is 0 Å². The molecule has 0 bridgehead atoms. The van der Waals surface area contributed by atoms with E-state index >= 15 is 0 Å². The predicted molar refractivity (Wildman–Crippen MR) is 108 cm³/mol. The molecular formula is C12H18Cl6N2O7P+.